The number of piperidine rings is 1. The third-order valence-corrected chi connectivity index (χ3v) is 6.42. The van der Waals surface area contributed by atoms with Crippen LogP contribution >= 0.6 is 35.4 Å². The van der Waals surface area contributed by atoms with Crippen LogP contribution in [0.3, 0.4) is 0 Å². The van der Waals surface area contributed by atoms with Gasteiger partial charge in [0.2, 0.25) is 0 Å². The van der Waals surface area contributed by atoms with Gasteiger partial charge >= 0.3 is 0 Å². The molecule has 2 heterocycles. The summed E-state index contributed by atoms with van der Waals surface area (Å²) in [6.45, 7) is 3.60. The van der Waals surface area contributed by atoms with E-state index in [0.29, 0.717) is 21.0 Å². The van der Waals surface area contributed by atoms with E-state index in [4.69, 9.17) is 33.0 Å². The Kier molecular flexibility index (Phi) is 9.33. The summed E-state index contributed by atoms with van der Waals surface area (Å²) >= 11 is 16.5. The minimum Gasteiger partial charge on any atom is -0.456 e. The summed E-state index contributed by atoms with van der Waals surface area (Å²) in [5.74, 6) is -0.316. The van der Waals surface area contributed by atoms with Gasteiger partial charge in [-0.15, -0.1) is 11.6 Å². The van der Waals surface area contributed by atoms with Crippen LogP contribution in [0.25, 0.3) is 22.9 Å². The van der Waals surface area contributed by atoms with Crippen LogP contribution in [0, 0.1) is 5.82 Å². The first kappa shape index (κ1) is 25.7. The van der Waals surface area contributed by atoms with Crippen molar-refractivity contribution in [3.63, 3.8) is 0 Å². The van der Waals surface area contributed by atoms with Gasteiger partial charge in [0, 0.05) is 47.9 Å². The van der Waals surface area contributed by atoms with E-state index in [-0.39, 0.29) is 11.9 Å². The SMILES string of the molecule is CC/C=c1/o/c(=C\c2ccc(F)c(C(=S)N3CCC(OC)CC3)c2)c2cc(Cl)ccc12.CCl. The Bertz CT molecular complexity index is 1230. The largest absolute Gasteiger partial charge is 0.456 e. The number of methoxy groups -OCH3 is 1. The highest BCUT2D eigenvalue weighted by atomic mass is 35.5. The van der Waals surface area contributed by atoms with Gasteiger partial charge in [0.1, 0.15) is 21.6 Å². The quantitative estimate of drug-likeness (QED) is 0.325. The molecule has 1 aliphatic rings. The van der Waals surface area contributed by atoms with Gasteiger partial charge in [-0.05, 0) is 67.3 Å². The summed E-state index contributed by atoms with van der Waals surface area (Å²) in [6.07, 6.45) is 8.31. The molecule has 0 atom stereocenters. The minimum absolute atomic E-state index is 0.247. The van der Waals surface area contributed by atoms with Crippen LogP contribution in [0.5, 0.6) is 0 Å². The highest BCUT2D eigenvalue weighted by Crippen LogP contribution is 2.20. The number of nitrogens with zero attached hydrogens (tertiary/aromatic N) is 1. The Morgan fingerprint density at radius 2 is 1.88 bits per heavy atom. The number of rotatable bonds is 4. The van der Waals surface area contributed by atoms with Crippen molar-refractivity contribution in [2.24, 2.45) is 0 Å². The monoisotopic (exact) mass is 507 g/mol. The zero-order valence-electron chi connectivity index (χ0n) is 19.0. The molecule has 0 spiro atoms. The van der Waals surface area contributed by atoms with Gasteiger partial charge in [0.25, 0.3) is 0 Å². The summed E-state index contributed by atoms with van der Waals surface area (Å²) in [6, 6.07) is 10.7. The lowest BCUT2D eigenvalue weighted by molar-refractivity contribution is 0.0584. The Labute approximate surface area is 209 Å². The van der Waals surface area contributed by atoms with Crippen LogP contribution in [-0.4, -0.2) is 42.6 Å². The number of alkyl halides is 1. The van der Waals surface area contributed by atoms with Crippen LogP contribution < -0.4 is 10.8 Å². The van der Waals surface area contributed by atoms with Crippen LogP contribution in [0.4, 0.5) is 4.39 Å². The fourth-order valence-electron chi connectivity index (χ4n) is 4.02. The fraction of sp³-hybridized carbons (Fsp3) is 0.346. The smallest absolute Gasteiger partial charge is 0.136 e. The van der Waals surface area contributed by atoms with E-state index >= 15 is 0 Å². The molecule has 0 bridgehead atoms. The average molecular weight is 508 g/mol. The molecule has 0 N–H and O–H groups in total. The lowest BCUT2D eigenvalue weighted by Gasteiger charge is -2.33. The molecular weight excluding hydrogens is 480 g/mol. The van der Waals surface area contributed by atoms with Crippen molar-refractivity contribution in [2.75, 3.05) is 26.6 Å². The molecule has 3 aromatic rings. The van der Waals surface area contributed by atoms with E-state index in [2.05, 4.69) is 23.4 Å². The lowest BCUT2D eigenvalue weighted by Crippen LogP contribution is -2.40. The molecule has 1 saturated heterocycles. The van der Waals surface area contributed by atoms with E-state index in [1.165, 1.54) is 12.4 Å². The number of halogens is 3. The lowest BCUT2D eigenvalue weighted by atomic mass is 10.0. The Morgan fingerprint density at radius 1 is 1.15 bits per heavy atom. The fourth-order valence-corrected chi connectivity index (χ4v) is 4.53. The molecule has 2 aromatic carbocycles. The molecule has 3 nitrogen and oxygen atoms in total. The molecule has 0 aliphatic carbocycles. The van der Waals surface area contributed by atoms with Gasteiger partial charge in [-0.25, -0.2) is 4.39 Å². The second kappa shape index (κ2) is 12.0. The van der Waals surface area contributed by atoms with Crippen molar-refractivity contribution in [1.29, 1.82) is 0 Å². The second-order valence-electron chi connectivity index (χ2n) is 7.74. The van der Waals surface area contributed by atoms with E-state index in [1.54, 1.807) is 19.2 Å². The van der Waals surface area contributed by atoms with Gasteiger partial charge in [-0.2, -0.15) is 0 Å². The molecule has 1 aliphatic heterocycles. The first-order valence-electron chi connectivity index (χ1n) is 10.9. The van der Waals surface area contributed by atoms with Crippen molar-refractivity contribution < 1.29 is 13.5 Å². The van der Waals surface area contributed by atoms with E-state index < -0.39 is 0 Å². The molecule has 0 unspecified atom stereocenters. The van der Waals surface area contributed by atoms with E-state index in [9.17, 15) is 4.39 Å². The molecule has 0 saturated carbocycles. The third-order valence-electron chi connectivity index (χ3n) is 5.70. The summed E-state index contributed by atoms with van der Waals surface area (Å²) < 4.78 is 26.2. The van der Waals surface area contributed by atoms with Gasteiger partial charge in [-0.3, -0.25) is 0 Å². The second-order valence-corrected chi connectivity index (χ2v) is 8.57. The maximum atomic E-state index is 14.7. The molecule has 0 amide bonds. The number of ether oxygens (including phenoxy) is 1. The molecule has 4 rings (SSSR count). The summed E-state index contributed by atoms with van der Waals surface area (Å²) in [5.41, 5.74) is 2.78. The zero-order chi connectivity index (χ0) is 24.0. The van der Waals surface area contributed by atoms with Crippen LogP contribution in [0.1, 0.15) is 37.3 Å². The standard InChI is InChI=1S/C25H25ClFNO2S.CH3Cl/c1-3-4-23-19-7-6-17(26)15-20(19)24(30-23)14-16-5-8-22(27)21(13-16)25(31)28-11-9-18(29-2)10-12-28;1-2/h4-8,13-15,18H,3,9-12H2,1-2H3;1H3/b23-4+,24-14-;. The van der Waals surface area contributed by atoms with Crippen LogP contribution in [-0.2, 0) is 4.74 Å². The van der Waals surface area contributed by atoms with Crippen LogP contribution in [0.15, 0.2) is 40.8 Å². The summed E-state index contributed by atoms with van der Waals surface area (Å²) in [5, 5.41) is 2.59. The Hall–Kier alpha value is -1.92. The zero-order valence-corrected chi connectivity index (χ0v) is 21.4. The number of likely N-dealkylation sites (tertiary alicyclic amines) is 1. The predicted octanol–water partition coefficient (Wildman–Crippen LogP) is 5.89. The van der Waals surface area contributed by atoms with E-state index in [0.717, 1.165) is 54.1 Å². The van der Waals surface area contributed by atoms with Crippen molar-refractivity contribution in [1.82, 2.24) is 4.90 Å². The molecule has 7 heteroatoms. The number of hydrogen-bond acceptors (Lipinski definition) is 3. The molecule has 176 valence electrons. The minimum atomic E-state index is -0.316. The van der Waals surface area contributed by atoms with Gasteiger partial charge < -0.3 is 14.1 Å². The number of thiocarbonyl (C=S) groups is 1. The van der Waals surface area contributed by atoms with Crippen molar-refractivity contribution in [3.05, 3.63) is 69.2 Å². The molecular formula is C26H28Cl2FNO2S. The molecule has 0 radical (unpaired) electrons. The van der Waals surface area contributed by atoms with Gasteiger partial charge in [0.05, 0.1) is 6.10 Å². The highest BCUT2D eigenvalue weighted by Gasteiger charge is 2.22. The Morgan fingerprint density at radius 3 is 2.55 bits per heavy atom. The van der Waals surface area contributed by atoms with Gasteiger partial charge in [0.15, 0.2) is 0 Å². The number of hydrogen-bond donors (Lipinski definition) is 0. The first-order valence-corrected chi connectivity index (χ1v) is 12.4. The van der Waals surface area contributed by atoms with Crippen molar-refractivity contribution >= 4 is 63.3 Å². The van der Waals surface area contributed by atoms with Crippen LogP contribution in [0.2, 0.25) is 5.02 Å². The molecule has 1 aromatic heterocycles. The number of fused-ring (bicyclic) bond motifs is 1. The highest BCUT2D eigenvalue weighted by molar-refractivity contribution is 7.80. The van der Waals surface area contributed by atoms with Crippen molar-refractivity contribution in [3.8, 4) is 0 Å². The number of furan rings is 1. The average Bonchev–Trinajstić information content (AvgIpc) is 3.17. The van der Waals surface area contributed by atoms with E-state index in [1.807, 2.05) is 30.4 Å². The number of benzene rings is 2. The molecule has 33 heavy (non-hydrogen) atoms. The molecule has 1 fully saturated rings. The predicted molar refractivity (Wildman–Crippen MR) is 140 cm³/mol. The van der Waals surface area contributed by atoms with Gasteiger partial charge in [-0.1, -0.05) is 36.8 Å². The third kappa shape index (κ3) is 5.96. The Balaban J connectivity index is 0.00000149. The van der Waals surface area contributed by atoms with Crippen molar-refractivity contribution in [2.45, 2.75) is 32.3 Å². The summed E-state index contributed by atoms with van der Waals surface area (Å²) in [7, 11) is 1.73. The maximum absolute atomic E-state index is 14.7. The normalized spacial score (nSPS) is 15.6. The topological polar surface area (TPSA) is 25.6 Å². The summed E-state index contributed by atoms with van der Waals surface area (Å²) in [4.78, 5) is 2.60. The maximum Gasteiger partial charge on any atom is 0.136 e. The first-order chi connectivity index (χ1) is 16.0.